The number of likely N-dealkylation sites (tertiary alicyclic amines) is 1. The maximum atomic E-state index is 12.3. The van der Waals surface area contributed by atoms with E-state index in [-0.39, 0.29) is 29.9 Å². The van der Waals surface area contributed by atoms with Crippen LogP contribution in [0.25, 0.3) is 0 Å². The summed E-state index contributed by atoms with van der Waals surface area (Å²) in [7, 11) is 4.03. The minimum Gasteiger partial charge on any atom is -0.459 e. The van der Waals surface area contributed by atoms with Gasteiger partial charge < -0.3 is 24.4 Å². The zero-order valence-corrected chi connectivity index (χ0v) is 18.7. The number of piperazine rings is 1. The predicted octanol–water partition coefficient (Wildman–Crippen LogP) is 1.96. The Morgan fingerprint density at radius 3 is 2.44 bits per heavy atom. The van der Waals surface area contributed by atoms with E-state index < -0.39 is 0 Å². The van der Waals surface area contributed by atoms with Gasteiger partial charge in [0, 0.05) is 39.8 Å². The van der Waals surface area contributed by atoms with Crippen LogP contribution in [0.15, 0.2) is 27.8 Å². The lowest BCUT2D eigenvalue weighted by atomic mass is 9.94. The van der Waals surface area contributed by atoms with Gasteiger partial charge in [0.2, 0.25) is 0 Å². The predicted molar refractivity (Wildman–Crippen MR) is 118 cm³/mol. The first kappa shape index (κ1) is 22.0. The second-order valence-corrected chi connectivity index (χ2v) is 7.27. The molecule has 1 aromatic heterocycles. The maximum absolute atomic E-state index is 12.3. The molecule has 0 bridgehead atoms. The Morgan fingerprint density at radius 2 is 1.85 bits per heavy atom. The Hall–Kier alpha value is -1.29. The summed E-state index contributed by atoms with van der Waals surface area (Å²) < 4.78 is 5.22. The van der Waals surface area contributed by atoms with Gasteiger partial charge in [-0.3, -0.25) is 9.79 Å². The number of carbonyl (C=O) groups is 1. The number of rotatable bonds is 4. The Bertz CT molecular complexity index is 591. The van der Waals surface area contributed by atoms with Crippen molar-refractivity contribution in [2.45, 2.75) is 19.3 Å². The Labute approximate surface area is 179 Å². The quantitative estimate of drug-likeness (QED) is 0.398. The van der Waals surface area contributed by atoms with Crippen molar-refractivity contribution in [2.24, 2.45) is 10.9 Å². The highest BCUT2D eigenvalue weighted by molar-refractivity contribution is 14.0. The average molecular weight is 489 g/mol. The number of halogens is 1. The molecule has 0 aliphatic carbocycles. The molecule has 0 atom stereocenters. The summed E-state index contributed by atoms with van der Waals surface area (Å²) in [5, 5.41) is 3.51. The van der Waals surface area contributed by atoms with Crippen LogP contribution in [0.2, 0.25) is 0 Å². The topological polar surface area (TPSA) is 64.3 Å². The first-order chi connectivity index (χ1) is 12.7. The van der Waals surface area contributed by atoms with Crippen LogP contribution in [0.1, 0.15) is 29.8 Å². The zero-order chi connectivity index (χ0) is 18.4. The Balaban J connectivity index is 0.00000261. The van der Waals surface area contributed by atoms with Gasteiger partial charge in [0.25, 0.3) is 5.91 Å². The van der Waals surface area contributed by atoms with Crippen molar-refractivity contribution in [1.82, 2.24) is 20.0 Å². The highest BCUT2D eigenvalue weighted by Crippen LogP contribution is 2.18. The number of hydrogen-bond donors (Lipinski definition) is 1. The van der Waals surface area contributed by atoms with Gasteiger partial charge >= 0.3 is 0 Å². The van der Waals surface area contributed by atoms with Crippen molar-refractivity contribution in [2.75, 3.05) is 59.9 Å². The fourth-order valence-corrected chi connectivity index (χ4v) is 3.75. The average Bonchev–Trinajstić information content (AvgIpc) is 3.21. The van der Waals surface area contributed by atoms with Crippen molar-refractivity contribution < 1.29 is 9.21 Å². The highest BCUT2D eigenvalue weighted by Gasteiger charge is 2.25. The molecule has 0 unspecified atom stereocenters. The van der Waals surface area contributed by atoms with Crippen molar-refractivity contribution in [1.29, 1.82) is 0 Å². The molecule has 2 aliphatic heterocycles. The third kappa shape index (κ3) is 6.10. The van der Waals surface area contributed by atoms with E-state index in [1.807, 2.05) is 11.9 Å². The molecule has 152 valence electrons. The largest absolute Gasteiger partial charge is 0.459 e. The number of amides is 1. The molecule has 0 aromatic carbocycles. The molecule has 0 radical (unpaired) electrons. The summed E-state index contributed by atoms with van der Waals surface area (Å²) >= 11 is 0. The van der Waals surface area contributed by atoms with E-state index in [1.54, 1.807) is 18.4 Å². The van der Waals surface area contributed by atoms with Gasteiger partial charge in [-0.15, -0.1) is 24.0 Å². The molecule has 7 nitrogen and oxygen atoms in total. The number of furan rings is 1. The molecule has 1 amide bonds. The van der Waals surface area contributed by atoms with Crippen LogP contribution in [-0.2, 0) is 0 Å². The van der Waals surface area contributed by atoms with E-state index in [4.69, 9.17) is 4.42 Å². The maximum Gasteiger partial charge on any atom is 0.289 e. The summed E-state index contributed by atoms with van der Waals surface area (Å²) in [6.45, 7) is 6.35. The number of nitrogens with zero attached hydrogens (tertiary/aromatic N) is 4. The van der Waals surface area contributed by atoms with E-state index >= 15 is 0 Å². The number of guanidine groups is 1. The van der Waals surface area contributed by atoms with Gasteiger partial charge in [-0.05, 0) is 57.5 Å². The van der Waals surface area contributed by atoms with Gasteiger partial charge in [-0.2, -0.15) is 0 Å². The molecule has 2 fully saturated rings. The van der Waals surface area contributed by atoms with Crippen LogP contribution in [0.5, 0.6) is 0 Å². The lowest BCUT2D eigenvalue weighted by molar-refractivity contribution is 0.0657. The van der Waals surface area contributed by atoms with Crippen LogP contribution in [-0.4, -0.2) is 86.5 Å². The fourth-order valence-electron chi connectivity index (χ4n) is 3.75. The molecule has 8 heteroatoms. The lowest BCUT2D eigenvalue weighted by Gasteiger charge is -2.36. The number of carbonyl (C=O) groups excluding carboxylic acids is 1. The molecule has 3 rings (SSSR count). The summed E-state index contributed by atoms with van der Waals surface area (Å²) in [5.41, 5.74) is 0. The molecule has 27 heavy (non-hydrogen) atoms. The number of nitrogens with one attached hydrogen (secondary N) is 1. The minimum atomic E-state index is -0.0279. The van der Waals surface area contributed by atoms with E-state index in [2.05, 4.69) is 27.2 Å². The first-order valence-electron chi connectivity index (χ1n) is 9.64. The van der Waals surface area contributed by atoms with Crippen molar-refractivity contribution in [3.63, 3.8) is 0 Å². The standard InChI is InChI=1S/C19H31N5O2.HI/c1-20-19(21-8-5-16-6-9-22(2)10-7-16)24-13-11-23(12-14-24)18(25)17-4-3-15-26-17;/h3-4,15-16H,5-14H2,1-2H3,(H,20,21);1H. The number of aliphatic imine (C=N–C) groups is 1. The molecule has 3 heterocycles. The van der Waals surface area contributed by atoms with E-state index in [9.17, 15) is 4.79 Å². The van der Waals surface area contributed by atoms with E-state index in [0.29, 0.717) is 18.8 Å². The zero-order valence-electron chi connectivity index (χ0n) is 16.4. The van der Waals surface area contributed by atoms with Crippen LogP contribution < -0.4 is 5.32 Å². The monoisotopic (exact) mass is 489 g/mol. The molecule has 1 aromatic rings. The summed E-state index contributed by atoms with van der Waals surface area (Å²) in [4.78, 5) is 23.3. The second-order valence-electron chi connectivity index (χ2n) is 7.27. The molecule has 2 aliphatic rings. The molecule has 2 saturated heterocycles. The highest BCUT2D eigenvalue weighted by atomic mass is 127. The molecule has 0 saturated carbocycles. The van der Waals surface area contributed by atoms with Crippen molar-refractivity contribution >= 4 is 35.8 Å². The van der Waals surface area contributed by atoms with E-state index in [0.717, 1.165) is 31.5 Å². The van der Waals surface area contributed by atoms with Gasteiger partial charge in [-0.25, -0.2) is 0 Å². The Kier molecular flexibility index (Phi) is 8.88. The summed E-state index contributed by atoms with van der Waals surface area (Å²) in [5.74, 6) is 2.15. The molecule has 1 N–H and O–H groups in total. The molecule has 0 spiro atoms. The summed E-state index contributed by atoms with van der Waals surface area (Å²) in [6, 6.07) is 3.47. The van der Waals surface area contributed by atoms with Gasteiger partial charge in [0.15, 0.2) is 11.7 Å². The van der Waals surface area contributed by atoms with Gasteiger partial charge in [0.1, 0.15) is 0 Å². The lowest BCUT2D eigenvalue weighted by Crippen LogP contribution is -2.54. The normalized spacial score (nSPS) is 19.7. The minimum absolute atomic E-state index is 0. The fraction of sp³-hybridized carbons (Fsp3) is 0.684. The smallest absolute Gasteiger partial charge is 0.289 e. The number of piperidine rings is 1. The number of hydrogen-bond acceptors (Lipinski definition) is 4. The van der Waals surface area contributed by atoms with E-state index in [1.165, 1.54) is 32.4 Å². The third-order valence-electron chi connectivity index (χ3n) is 5.48. The first-order valence-corrected chi connectivity index (χ1v) is 9.64. The second kappa shape index (κ2) is 10.9. The van der Waals surface area contributed by atoms with Crippen LogP contribution in [0, 0.1) is 5.92 Å². The molecular weight excluding hydrogens is 457 g/mol. The van der Waals surface area contributed by atoms with Crippen molar-refractivity contribution in [3.05, 3.63) is 24.2 Å². The van der Waals surface area contributed by atoms with Crippen LogP contribution >= 0.6 is 24.0 Å². The summed E-state index contributed by atoms with van der Waals surface area (Å²) in [6.07, 6.45) is 5.33. The molecular formula is C19H32IN5O2. The van der Waals surface area contributed by atoms with Crippen molar-refractivity contribution in [3.8, 4) is 0 Å². The van der Waals surface area contributed by atoms with Crippen LogP contribution in [0.3, 0.4) is 0 Å². The SMILES string of the molecule is CN=C(NCCC1CCN(C)CC1)N1CCN(C(=O)c2ccco2)CC1.I. The van der Waals surface area contributed by atoms with Gasteiger partial charge in [-0.1, -0.05) is 0 Å². The Morgan fingerprint density at radius 1 is 1.19 bits per heavy atom. The van der Waals surface area contributed by atoms with Gasteiger partial charge in [0.05, 0.1) is 6.26 Å². The third-order valence-corrected chi connectivity index (χ3v) is 5.48. The van der Waals surface area contributed by atoms with Crippen LogP contribution in [0.4, 0.5) is 0 Å².